The van der Waals surface area contributed by atoms with Crippen molar-refractivity contribution >= 4 is 85.6 Å². The molecule has 0 spiro atoms. The Balaban J connectivity index is 1.24. The molecule has 0 saturated heterocycles. The van der Waals surface area contributed by atoms with Crippen molar-refractivity contribution in [2.45, 2.75) is 6.42 Å². The maximum atomic E-state index is 3.73. The minimum atomic E-state index is 0.896. The number of aromatic nitrogens is 1. The van der Waals surface area contributed by atoms with Gasteiger partial charge in [0.25, 0.3) is 0 Å². The second-order valence-corrected chi connectivity index (χ2v) is 12.6. The fourth-order valence-corrected chi connectivity index (χ4v) is 8.86. The standard InChI is InChI=1S/C37H23NS2/c1-3-16-34-26(9-1)28-13-6-11-24(36(28)39-34)22-8-5-15-32-30(20-22)31-21-23(18-19-33(31)38-32)25-12-7-14-29-27-10-2-4-17-35(27)40-37(25)29/h1-14,16-21,38H,15H2. The summed E-state index contributed by atoms with van der Waals surface area (Å²) < 4.78 is 5.41. The highest BCUT2D eigenvalue weighted by Crippen LogP contribution is 2.43. The predicted molar refractivity (Wildman–Crippen MR) is 177 cm³/mol. The lowest BCUT2D eigenvalue weighted by molar-refractivity contribution is 1.17. The van der Waals surface area contributed by atoms with E-state index in [0.717, 1.165) is 6.42 Å². The lowest BCUT2D eigenvalue weighted by Gasteiger charge is -2.06. The molecule has 1 nitrogen and oxygen atoms in total. The molecule has 0 aliphatic heterocycles. The minimum absolute atomic E-state index is 0.896. The first-order valence-corrected chi connectivity index (χ1v) is 15.3. The molecule has 8 aromatic rings. The molecule has 3 heterocycles. The zero-order valence-corrected chi connectivity index (χ0v) is 23.2. The van der Waals surface area contributed by atoms with E-state index in [0.29, 0.717) is 0 Å². The summed E-state index contributed by atoms with van der Waals surface area (Å²) in [6, 6.07) is 37.9. The highest BCUT2D eigenvalue weighted by atomic mass is 32.1. The van der Waals surface area contributed by atoms with E-state index in [1.54, 1.807) is 0 Å². The Bertz CT molecular complexity index is 2360. The fraction of sp³-hybridized carbons (Fsp3) is 0.0270. The number of fused-ring (bicyclic) bond motifs is 9. The number of hydrogen-bond acceptors (Lipinski definition) is 2. The predicted octanol–water partition coefficient (Wildman–Crippen LogP) is 11.2. The third kappa shape index (κ3) is 3.25. The number of aromatic amines is 1. The van der Waals surface area contributed by atoms with Crippen molar-refractivity contribution in [3.63, 3.8) is 0 Å². The largest absolute Gasteiger partial charge is 0.358 e. The Labute approximate surface area is 239 Å². The van der Waals surface area contributed by atoms with Gasteiger partial charge in [0.1, 0.15) is 0 Å². The molecular formula is C37H23NS2. The molecule has 1 N–H and O–H groups in total. The zero-order valence-electron chi connectivity index (χ0n) is 21.6. The molecule has 0 radical (unpaired) electrons. The van der Waals surface area contributed by atoms with Crippen LogP contribution < -0.4 is 0 Å². The van der Waals surface area contributed by atoms with Crippen LogP contribution in [0.2, 0.25) is 0 Å². The van der Waals surface area contributed by atoms with Gasteiger partial charge in [0.15, 0.2) is 0 Å². The lowest BCUT2D eigenvalue weighted by Crippen LogP contribution is -1.83. The number of hydrogen-bond donors (Lipinski definition) is 1. The van der Waals surface area contributed by atoms with Crippen LogP contribution in [-0.2, 0) is 6.42 Å². The third-order valence-electron chi connectivity index (χ3n) is 8.27. The first-order valence-electron chi connectivity index (χ1n) is 13.7. The van der Waals surface area contributed by atoms with Gasteiger partial charge < -0.3 is 4.98 Å². The fourth-order valence-electron chi connectivity index (χ4n) is 6.39. The average molecular weight is 546 g/mol. The molecule has 9 rings (SSSR count). The van der Waals surface area contributed by atoms with Crippen LogP contribution in [0.15, 0.2) is 115 Å². The molecule has 188 valence electrons. The van der Waals surface area contributed by atoms with E-state index in [9.17, 15) is 0 Å². The van der Waals surface area contributed by atoms with Crippen molar-refractivity contribution in [3.05, 3.63) is 132 Å². The van der Waals surface area contributed by atoms with E-state index in [1.807, 2.05) is 22.7 Å². The van der Waals surface area contributed by atoms with Gasteiger partial charge in [-0.15, -0.1) is 22.7 Å². The van der Waals surface area contributed by atoms with E-state index < -0.39 is 0 Å². The number of nitrogens with one attached hydrogen (secondary N) is 1. The van der Waals surface area contributed by atoms with Gasteiger partial charge in [0.05, 0.1) is 0 Å². The van der Waals surface area contributed by atoms with Crippen LogP contribution in [0, 0.1) is 0 Å². The first-order chi connectivity index (χ1) is 19.8. The molecule has 5 aromatic carbocycles. The van der Waals surface area contributed by atoms with Gasteiger partial charge >= 0.3 is 0 Å². The Hall–Kier alpha value is -4.44. The van der Waals surface area contributed by atoms with Gasteiger partial charge in [-0.25, -0.2) is 0 Å². The molecule has 3 heteroatoms. The highest BCUT2D eigenvalue weighted by molar-refractivity contribution is 7.26. The van der Waals surface area contributed by atoms with Gasteiger partial charge in [-0.2, -0.15) is 0 Å². The molecule has 40 heavy (non-hydrogen) atoms. The summed E-state index contributed by atoms with van der Waals surface area (Å²) in [5, 5.41) is 6.66. The summed E-state index contributed by atoms with van der Waals surface area (Å²) in [5.74, 6) is 0. The maximum Gasteiger partial charge on any atom is 0.0462 e. The highest BCUT2D eigenvalue weighted by Gasteiger charge is 2.17. The van der Waals surface area contributed by atoms with Crippen molar-refractivity contribution in [2.24, 2.45) is 0 Å². The van der Waals surface area contributed by atoms with Crippen molar-refractivity contribution in [2.75, 3.05) is 0 Å². The van der Waals surface area contributed by atoms with Crippen LogP contribution in [0.3, 0.4) is 0 Å². The average Bonchev–Trinajstić information content (AvgIpc) is 3.63. The molecular weight excluding hydrogens is 523 g/mol. The zero-order chi connectivity index (χ0) is 26.2. The number of thiophene rings is 2. The Morgan fingerprint density at radius 1 is 0.575 bits per heavy atom. The molecule has 1 aliphatic carbocycles. The van der Waals surface area contributed by atoms with Crippen molar-refractivity contribution in [3.8, 4) is 11.1 Å². The van der Waals surface area contributed by atoms with Crippen LogP contribution in [-0.4, -0.2) is 4.98 Å². The smallest absolute Gasteiger partial charge is 0.0462 e. The van der Waals surface area contributed by atoms with Crippen LogP contribution in [0.1, 0.15) is 16.8 Å². The van der Waals surface area contributed by atoms with Gasteiger partial charge in [0.2, 0.25) is 0 Å². The summed E-state index contributed by atoms with van der Waals surface area (Å²) in [6.45, 7) is 0. The maximum absolute atomic E-state index is 3.73. The number of benzene rings is 5. The van der Waals surface area contributed by atoms with E-state index in [-0.39, 0.29) is 0 Å². The Morgan fingerprint density at radius 2 is 1.23 bits per heavy atom. The molecule has 0 atom stereocenters. The Kier molecular flexibility index (Phi) is 4.77. The van der Waals surface area contributed by atoms with Gasteiger partial charge in [0, 0.05) is 68.9 Å². The summed E-state index contributed by atoms with van der Waals surface area (Å²) in [7, 11) is 0. The summed E-state index contributed by atoms with van der Waals surface area (Å²) in [4.78, 5) is 3.73. The third-order valence-corrected chi connectivity index (χ3v) is 10.7. The quantitative estimate of drug-likeness (QED) is 0.222. The monoisotopic (exact) mass is 545 g/mol. The number of allylic oxidation sites excluding steroid dienone is 3. The van der Waals surface area contributed by atoms with Gasteiger partial charge in [-0.3, -0.25) is 0 Å². The molecule has 0 unspecified atom stereocenters. The molecule has 1 aliphatic rings. The van der Waals surface area contributed by atoms with Gasteiger partial charge in [-0.05, 0) is 52.6 Å². The lowest BCUT2D eigenvalue weighted by atomic mass is 9.98. The van der Waals surface area contributed by atoms with E-state index in [4.69, 9.17) is 0 Å². The molecule has 0 fully saturated rings. The second-order valence-electron chi connectivity index (χ2n) is 10.5. The summed E-state index contributed by atoms with van der Waals surface area (Å²) in [5.41, 5.74) is 8.94. The van der Waals surface area contributed by atoms with Gasteiger partial charge in [-0.1, -0.05) is 91.0 Å². The SMILES string of the molecule is C1=CC(c2cccc3c2sc2ccccc23)=Cc2c([nH]c3ccc(-c4cccc5c4sc4ccccc45)cc23)C1. The molecule has 0 amide bonds. The van der Waals surface area contributed by atoms with Crippen molar-refractivity contribution < 1.29 is 0 Å². The molecule has 0 bridgehead atoms. The Morgan fingerprint density at radius 3 is 1.98 bits per heavy atom. The van der Waals surface area contributed by atoms with E-state index in [2.05, 4.69) is 126 Å². The van der Waals surface area contributed by atoms with E-state index >= 15 is 0 Å². The molecule has 3 aromatic heterocycles. The van der Waals surface area contributed by atoms with Crippen LogP contribution >= 0.6 is 22.7 Å². The summed E-state index contributed by atoms with van der Waals surface area (Å²) in [6.07, 6.45) is 7.91. The number of rotatable bonds is 2. The minimum Gasteiger partial charge on any atom is -0.358 e. The topological polar surface area (TPSA) is 15.8 Å². The van der Waals surface area contributed by atoms with Crippen LogP contribution in [0.4, 0.5) is 0 Å². The molecule has 0 saturated carbocycles. The second kappa shape index (κ2) is 8.53. The normalized spacial score (nSPS) is 13.4. The van der Waals surface area contributed by atoms with Crippen LogP contribution in [0.5, 0.6) is 0 Å². The van der Waals surface area contributed by atoms with Crippen molar-refractivity contribution in [1.82, 2.24) is 4.98 Å². The van der Waals surface area contributed by atoms with Crippen LogP contribution in [0.25, 0.3) is 74.0 Å². The van der Waals surface area contributed by atoms with Crippen molar-refractivity contribution in [1.29, 1.82) is 0 Å². The van der Waals surface area contributed by atoms with E-state index in [1.165, 1.54) is 84.8 Å². The first kappa shape index (κ1) is 22.4. The summed E-state index contributed by atoms with van der Waals surface area (Å²) >= 11 is 3.79. The number of H-pyrrole nitrogens is 1.